The summed E-state index contributed by atoms with van der Waals surface area (Å²) in [6.07, 6.45) is 6.10. The van der Waals surface area contributed by atoms with Gasteiger partial charge in [-0.2, -0.15) is 0 Å². The van der Waals surface area contributed by atoms with Crippen molar-refractivity contribution in [3.05, 3.63) is 76.4 Å². The molecule has 1 saturated heterocycles. The Kier molecular flexibility index (Phi) is 5.20. The van der Waals surface area contributed by atoms with Gasteiger partial charge in [0.25, 0.3) is 5.56 Å². The number of rotatable bonds is 4. The van der Waals surface area contributed by atoms with Crippen molar-refractivity contribution in [2.75, 3.05) is 13.2 Å². The van der Waals surface area contributed by atoms with Crippen LogP contribution in [0.1, 0.15) is 32.6 Å². The Balaban J connectivity index is 1.79. The maximum Gasteiger partial charge on any atom is 0.283 e. The molecule has 1 aliphatic heterocycles. The first-order valence-corrected chi connectivity index (χ1v) is 11.0. The molecule has 31 heavy (non-hydrogen) atoms. The van der Waals surface area contributed by atoms with Crippen LogP contribution in [0.5, 0.6) is 5.75 Å². The van der Waals surface area contributed by atoms with Gasteiger partial charge in [-0.05, 0) is 62.6 Å². The zero-order valence-corrected chi connectivity index (χ0v) is 17.7. The van der Waals surface area contributed by atoms with Crippen molar-refractivity contribution in [1.29, 1.82) is 0 Å². The van der Waals surface area contributed by atoms with Gasteiger partial charge in [-0.1, -0.05) is 24.6 Å². The van der Waals surface area contributed by atoms with E-state index in [1.165, 1.54) is 6.42 Å². The van der Waals surface area contributed by atoms with Crippen LogP contribution >= 0.6 is 0 Å². The van der Waals surface area contributed by atoms with Gasteiger partial charge in [-0.25, -0.2) is 14.2 Å². The van der Waals surface area contributed by atoms with Gasteiger partial charge in [-0.15, -0.1) is 0 Å². The highest BCUT2D eigenvalue weighted by molar-refractivity contribution is 5.66. The number of imidazole rings is 1. The predicted molar refractivity (Wildman–Crippen MR) is 122 cm³/mol. The number of nitrogens with one attached hydrogen (secondary N) is 1. The van der Waals surface area contributed by atoms with Gasteiger partial charge in [0, 0.05) is 17.8 Å². The van der Waals surface area contributed by atoms with Crippen molar-refractivity contribution in [2.45, 2.75) is 32.6 Å². The van der Waals surface area contributed by atoms with E-state index in [0.29, 0.717) is 17.5 Å². The first-order chi connectivity index (χ1) is 15.3. The third-order valence-corrected chi connectivity index (χ3v) is 5.77. The molecular formula is C25H26N4O2. The quantitative estimate of drug-likeness (QED) is 0.555. The van der Waals surface area contributed by atoms with Crippen LogP contribution in [0.4, 0.5) is 0 Å². The normalized spacial score (nSPS) is 16.2. The maximum absolute atomic E-state index is 13.7. The van der Waals surface area contributed by atoms with Crippen molar-refractivity contribution >= 4 is 11.3 Å². The van der Waals surface area contributed by atoms with Crippen molar-refractivity contribution < 1.29 is 4.74 Å². The lowest BCUT2D eigenvalue weighted by Gasteiger charge is -2.08. The van der Waals surface area contributed by atoms with Gasteiger partial charge >= 0.3 is 0 Å². The number of nitrogens with zero attached hydrogens (tertiary/aromatic N) is 3. The molecule has 1 fully saturated rings. The number of aromatic nitrogens is 3. The highest BCUT2D eigenvalue weighted by Crippen LogP contribution is 2.24. The minimum Gasteiger partial charge on any atom is -0.494 e. The van der Waals surface area contributed by atoms with Crippen LogP contribution in [-0.2, 0) is 0 Å². The van der Waals surface area contributed by atoms with E-state index >= 15 is 0 Å². The summed E-state index contributed by atoms with van der Waals surface area (Å²) in [7, 11) is 0. The van der Waals surface area contributed by atoms with Crippen LogP contribution in [0.2, 0.25) is 0 Å². The molecule has 0 atom stereocenters. The standard InChI is InChI=1S/C25H26N4O2/c1-2-31-20-14-12-18(13-15-20)22-17-27-24-23(21-11-7-4-8-16-26-21)25(30)28(29(22)24)19-9-5-3-6-10-19/h3,5-6,9-10,12-15,17,26H,2,4,7-8,11,16H2,1H3/b23-21-. The first-order valence-electron chi connectivity index (χ1n) is 11.0. The fraction of sp³-hybridized carbons (Fsp3) is 0.280. The summed E-state index contributed by atoms with van der Waals surface area (Å²) in [4.78, 5) is 18.4. The Morgan fingerprint density at radius 1 is 1.03 bits per heavy atom. The number of fused-ring (bicyclic) bond motifs is 1. The Morgan fingerprint density at radius 3 is 2.61 bits per heavy atom. The van der Waals surface area contributed by atoms with E-state index in [1.54, 1.807) is 4.68 Å². The van der Waals surface area contributed by atoms with Crippen molar-refractivity contribution in [1.82, 2.24) is 19.5 Å². The summed E-state index contributed by atoms with van der Waals surface area (Å²) in [6.45, 7) is 3.49. The SMILES string of the molecule is CCOc1ccc(-c2cnc3/c(=C4\CCCCCN4)c(=O)n(-c4ccccc4)n23)cc1. The van der Waals surface area contributed by atoms with Crippen LogP contribution in [0, 0.1) is 0 Å². The highest BCUT2D eigenvalue weighted by Gasteiger charge is 2.20. The summed E-state index contributed by atoms with van der Waals surface area (Å²) in [5.74, 6) is 0.828. The average Bonchev–Trinajstić information content (AvgIpc) is 3.20. The Labute approximate surface area is 180 Å². The molecule has 5 rings (SSSR count). The minimum absolute atomic E-state index is 0.0362. The van der Waals surface area contributed by atoms with E-state index < -0.39 is 0 Å². The second-order valence-electron chi connectivity index (χ2n) is 7.78. The fourth-order valence-electron chi connectivity index (χ4n) is 4.31. The molecule has 0 radical (unpaired) electrons. The van der Waals surface area contributed by atoms with Crippen LogP contribution < -0.4 is 20.8 Å². The molecule has 6 heteroatoms. The zero-order valence-electron chi connectivity index (χ0n) is 17.7. The van der Waals surface area contributed by atoms with E-state index in [-0.39, 0.29) is 5.56 Å². The van der Waals surface area contributed by atoms with E-state index in [9.17, 15) is 4.79 Å². The van der Waals surface area contributed by atoms with E-state index in [2.05, 4.69) is 5.32 Å². The lowest BCUT2D eigenvalue weighted by molar-refractivity contribution is 0.340. The van der Waals surface area contributed by atoms with Crippen LogP contribution in [0.15, 0.2) is 65.6 Å². The van der Waals surface area contributed by atoms with Gasteiger partial charge in [0.15, 0.2) is 5.65 Å². The molecule has 1 aliphatic rings. The Hall–Kier alpha value is -3.54. The Bertz CT molecular complexity index is 1290. The van der Waals surface area contributed by atoms with Crippen LogP contribution in [-0.4, -0.2) is 27.3 Å². The highest BCUT2D eigenvalue weighted by atomic mass is 16.5. The zero-order chi connectivity index (χ0) is 21.2. The van der Waals surface area contributed by atoms with E-state index in [4.69, 9.17) is 9.72 Å². The van der Waals surface area contributed by atoms with Crippen LogP contribution in [0.3, 0.4) is 0 Å². The molecule has 0 spiro atoms. The first kappa shape index (κ1) is 19.4. The Morgan fingerprint density at radius 2 is 1.84 bits per heavy atom. The molecule has 4 aromatic rings. The molecule has 0 amide bonds. The summed E-state index contributed by atoms with van der Waals surface area (Å²) in [6, 6.07) is 17.7. The lowest BCUT2D eigenvalue weighted by atomic mass is 10.1. The number of hydrogen-bond acceptors (Lipinski definition) is 4. The summed E-state index contributed by atoms with van der Waals surface area (Å²) in [5, 5.41) is 4.18. The molecule has 0 saturated carbocycles. The second-order valence-corrected chi connectivity index (χ2v) is 7.78. The van der Waals surface area contributed by atoms with Gasteiger partial charge < -0.3 is 10.1 Å². The van der Waals surface area contributed by atoms with E-state index in [1.807, 2.05) is 72.2 Å². The molecule has 6 nitrogen and oxygen atoms in total. The summed E-state index contributed by atoms with van der Waals surface area (Å²) >= 11 is 0. The van der Waals surface area contributed by atoms with Crippen LogP contribution in [0.25, 0.3) is 28.3 Å². The van der Waals surface area contributed by atoms with E-state index in [0.717, 1.165) is 54.2 Å². The molecule has 2 aromatic heterocycles. The molecule has 0 bridgehead atoms. The minimum atomic E-state index is -0.0362. The average molecular weight is 415 g/mol. The molecule has 158 valence electrons. The second kappa shape index (κ2) is 8.30. The summed E-state index contributed by atoms with van der Waals surface area (Å²) < 4.78 is 9.27. The smallest absolute Gasteiger partial charge is 0.283 e. The van der Waals surface area contributed by atoms with Gasteiger partial charge in [0.1, 0.15) is 11.0 Å². The van der Waals surface area contributed by atoms with Gasteiger partial charge in [0.2, 0.25) is 0 Å². The number of ether oxygens (including phenoxy) is 1. The molecule has 0 unspecified atom stereocenters. The molecular weight excluding hydrogens is 388 g/mol. The van der Waals surface area contributed by atoms with Crippen molar-refractivity contribution in [3.63, 3.8) is 0 Å². The lowest BCUT2D eigenvalue weighted by Crippen LogP contribution is -2.33. The largest absolute Gasteiger partial charge is 0.494 e. The molecule has 2 aromatic carbocycles. The number of hydrogen-bond donors (Lipinski definition) is 1. The third kappa shape index (κ3) is 3.48. The number of benzene rings is 2. The maximum atomic E-state index is 13.7. The third-order valence-electron chi connectivity index (χ3n) is 5.77. The topological polar surface area (TPSA) is 60.6 Å². The van der Waals surface area contributed by atoms with Gasteiger partial charge in [-0.3, -0.25) is 4.79 Å². The fourth-order valence-corrected chi connectivity index (χ4v) is 4.31. The summed E-state index contributed by atoms with van der Waals surface area (Å²) in [5.41, 5.74) is 4.35. The molecule has 1 N–H and O–H groups in total. The predicted octanol–water partition coefficient (Wildman–Crippen LogP) is 3.54. The monoisotopic (exact) mass is 414 g/mol. The molecule has 0 aliphatic carbocycles. The number of para-hydroxylation sites is 1. The van der Waals surface area contributed by atoms with Crippen molar-refractivity contribution in [3.8, 4) is 22.7 Å². The van der Waals surface area contributed by atoms with Crippen molar-refractivity contribution in [2.24, 2.45) is 0 Å². The van der Waals surface area contributed by atoms with Gasteiger partial charge in [0.05, 0.1) is 24.2 Å². The molecule has 3 heterocycles.